The Bertz CT molecular complexity index is 1140. The summed E-state index contributed by atoms with van der Waals surface area (Å²) in [5.74, 6) is 2.51. The van der Waals surface area contributed by atoms with E-state index in [0.29, 0.717) is 22.6 Å². The molecule has 0 atom stereocenters. The maximum Gasteiger partial charge on any atom is 0.277 e. The lowest BCUT2D eigenvalue weighted by Crippen LogP contribution is -1.92. The molecule has 5 rings (SSSR count). The molecule has 2 aromatic heterocycles. The lowest BCUT2D eigenvalue weighted by molar-refractivity contribution is 0.174. The fraction of sp³-hybridized carbons (Fsp3) is 0.150. The van der Waals surface area contributed by atoms with Crippen molar-refractivity contribution < 1.29 is 13.9 Å². The number of thiazole rings is 1. The number of ether oxygens (including phenoxy) is 2. The number of hydrogen-bond acceptors (Lipinski definition) is 9. The molecule has 0 saturated heterocycles. The van der Waals surface area contributed by atoms with E-state index < -0.39 is 0 Å². The highest BCUT2D eigenvalue weighted by atomic mass is 32.2. The molecule has 29 heavy (non-hydrogen) atoms. The normalized spacial score (nSPS) is 12.3. The molecule has 0 bridgehead atoms. The SMILES string of the molecule is Cc1ccc(Nc2nc(CSc3nnc(-c4ccc5c(c4)OCO5)o3)cs2)cc1. The molecule has 1 aliphatic rings. The zero-order valence-electron chi connectivity index (χ0n) is 15.4. The Morgan fingerprint density at radius 2 is 1.93 bits per heavy atom. The molecule has 1 N–H and O–H groups in total. The Labute approximate surface area is 175 Å². The third kappa shape index (κ3) is 4.06. The highest BCUT2D eigenvalue weighted by molar-refractivity contribution is 7.98. The van der Waals surface area contributed by atoms with Gasteiger partial charge in [-0.25, -0.2) is 4.98 Å². The Hall–Kier alpha value is -3.04. The predicted molar refractivity (Wildman–Crippen MR) is 112 cm³/mol. The van der Waals surface area contributed by atoms with Crippen LogP contribution in [0, 0.1) is 6.92 Å². The van der Waals surface area contributed by atoms with E-state index in [0.717, 1.165) is 27.8 Å². The molecule has 0 saturated carbocycles. The van der Waals surface area contributed by atoms with Crippen LogP contribution in [0.1, 0.15) is 11.3 Å². The van der Waals surface area contributed by atoms with Gasteiger partial charge in [-0.15, -0.1) is 21.5 Å². The Morgan fingerprint density at radius 3 is 2.83 bits per heavy atom. The molecule has 2 aromatic carbocycles. The Kier molecular flexibility index (Phi) is 4.82. The summed E-state index contributed by atoms with van der Waals surface area (Å²) in [6, 6.07) is 13.8. The second-order valence-electron chi connectivity index (χ2n) is 6.36. The summed E-state index contributed by atoms with van der Waals surface area (Å²) in [5, 5.41) is 14.9. The van der Waals surface area contributed by atoms with Crippen LogP contribution in [-0.4, -0.2) is 22.0 Å². The number of anilines is 2. The predicted octanol–water partition coefficient (Wildman–Crippen LogP) is 5.27. The van der Waals surface area contributed by atoms with E-state index in [9.17, 15) is 0 Å². The minimum atomic E-state index is 0.234. The summed E-state index contributed by atoms with van der Waals surface area (Å²) in [6.07, 6.45) is 0. The van der Waals surface area contributed by atoms with E-state index in [1.165, 1.54) is 17.3 Å². The fourth-order valence-electron chi connectivity index (χ4n) is 2.74. The van der Waals surface area contributed by atoms with Crippen molar-refractivity contribution in [3.63, 3.8) is 0 Å². The average molecular weight is 425 g/mol. The first-order valence-electron chi connectivity index (χ1n) is 8.87. The number of aromatic nitrogens is 3. The number of nitrogens with zero attached hydrogens (tertiary/aromatic N) is 3. The molecule has 0 aliphatic carbocycles. The molecule has 1 aliphatic heterocycles. The number of hydrogen-bond donors (Lipinski definition) is 1. The molecule has 0 unspecified atom stereocenters. The third-order valence-electron chi connectivity index (χ3n) is 4.22. The van der Waals surface area contributed by atoms with E-state index in [1.54, 1.807) is 11.3 Å². The van der Waals surface area contributed by atoms with Gasteiger partial charge >= 0.3 is 0 Å². The minimum absolute atomic E-state index is 0.234. The highest BCUT2D eigenvalue weighted by Crippen LogP contribution is 2.36. The molecule has 0 spiro atoms. The van der Waals surface area contributed by atoms with Gasteiger partial charge in [0.2, 0.25) is 12.7 Å². The number of fused-ring (bicyclic) bond motifs is 1. The smallest absolute Gasteiger partial charge is 0.277 e. The molecule has 0 amide bonds. The fourth-order valence-corrected chi connectivity index (χ4v) is 4.23. The second kappa shape index (κ2) is 7.76. The van der Waals surface area contributed by atoms with E-state index in [2.05, 4.69) is 39.6 Å². The van der Waals surface area contributed by atoms with Gasteiger partial charge in [0, 0.05) is 22.4 Å². The summed E-state index contributed by atoms with van der Waals surface area (Å²) in [7, 11) is 0. The van der Waals surface area contributed by atoms with Gasteiger partial charge in [-0.2, -0.15) is 0 Å². The standard InChI is InChI=1S/C20H16N4O3S2/c1-12-2-5-14(6-3-12)21-19-22-15(9-28-19)10-29-20-24-23-18(27-20)13-4-7-16-17(8-13)26-11-25-16/h2-9H,10-11H2,1H3,(H,21,22). The van der Waals surface area contributed by atoms with Gasteiger partial charge in [0.1, 0.15) is 0 Å². The Morgan fingerprint density at radius 1 is 1.07 bits per heavy atom. The van der Waals surface area contributed by atoms with Gasteiger partial charge in [-0.3, -0.25) is 0 Å². The van der Waals surface area contributed by atoms with Crippen LogP contribution in [0.15, 0.2) is 57.5 Å². The van der Waals surface area contributed by atoms with Gasteiger partial charge in [0.25, 0.3) is 5.22 Å². The van der Waals surface area contributed by atoms with Crippen LogP contribution in [-0.2, 0) is 5.75 Å². The van der Waals surface area contributed by atoms with Crippen molar-refractivity contribution in [1.29, 1.82) is 0 Å². The van der Waals surface area contributed by atoms with Crippen LogP contribution in [0.4, 0.5) is 10.8 Å². The molecule has 4 aromatic rings. The summed E-state index contributed by atoms with van der Waals surface area (Å²) in [5.41, 5.74) is 4.00. The Balaban J connectivity index is 1.21. The van der Waals surface area contributed by atoms with Crippen molar-refractivity contribution in [3.05, 3.63) is 59.1 Å². The first-order chi connectivity index (χ1) is 14.2. The number of nitrogens with one attached hydrogen (secondary N) is 1. The third-order valence-corrected chi connectivity index (χ3v) is 5.88. The highest BCUT2D eigenvalue weighted by Gasteiger charge is 2.17. The minimum Gasteiger partial charge on any atom is -0.454 e. The number of thioether (sulfide) groups is 1. The molecule has 7 nitrogen and oxygen atoms in total. The van der Waals surface area contributed by atoms with Crippen LogP contribution in [0.5, 0.6) is 11.5 Å². The van der Waals surface area contributed by atoms with Crippen molar-refractivity contribution in [2.75, 3.05) is 12.1 Å². The number of rotatable bonds is 6. The number of benzene rings is 2. The van der Waals surface area contributed by atoms with E-state index >= 15 is 0 Å². The van der Waals surface area contributed by atoms with Crippen LogP contribution in [0.25, 0.3) is 11.5 Å². The first-order valence-corrected chi connectivity index (χ1v) is 10.7. The lowest BCUT2D eigenvalue weighted by atomic mass is 10.2. The van der Waals surface area contributed by atoms with Gasteiger partial charge in [0.05, 0.1) is 5.69 Å². The van der Waals surface area contributed by atoms with Crippen LogP contribution < -0.4 is 14.8 Å². The molecular formula is C20H16N4O3S2. The number of aryl methyl sites for hydroxylation is 1. The van der Waals surface area contributed by atoms with Crippen LogP contribution in [0.2, 0.25) is 0 Å². The maximum atomic E-state index is 5.77. The lowest BCUT2D eigenvalue weighted by Gasteiger charge is -2.02. The van der Waals surface area contributed by atoms with E-state index in [1.807, 2.05) is 35.7 Å². The summed E-state index contributed by atoms with van der Waals surface area (Å²) < 4.78 is 16.5. The monoisotopic (exact) mass is 424 g/mol. The molecular weight excluding hydrogens is 408 g/mol. The topological polar surface area (TPSA) is 82.3 Å². The first kappa shape index (κ1) is 18.0. The maximum absolute atomic E-state index is 5.77. The largest absolute Gasteiger partial charge is 0.454 e. The summed E-state index contributed by atoms with van der Waals surface area (Å²) in [6.45, 7) is 2.30. The van der Waals surface area contributed by atoms with Gasteiger partial charge in [-0.05, 0) is 37.3 Å². The van der Waals surface area contributed by atoms with Crippen molar-refractivity contribution >= 4 is 33.9 Å². The average Bonchev–Trinajstić information content (AvgIpc) is 3.48. The zero-order chi connectivity index (χ0) is 19.6. The molecule has 9 heteroatoms. The molecule has 0 fully saturated rings. The molecule has 3 heterocycles. The summed E-state index contributed by atoms with van der Waals surface area (Å²) in [4.78, 5) is 4.61. The molecule has 146 valence electrons. The van der Waals surface area contributed by atoms with Gasteiger partial charge in [0.15, 0.2) is 16.6 Å². The quantitative estimate of drug-likeness (QED) is 0.419. The van der Waals surface area contributed by atoms with Crippen LogP contribution >= 0.6 is 23.1 Å². The second-order valence-corrected chi connectivity index (χ2v) is 8.15. The summed E-state index contributed by atoms with van der Waals surface area (Å²) >= 11 is 3.03. The van der Waals surface area contributed by atoms with E-state index in [4.69, 9.17) is 13.9 Å². The van der Waals surface area contributed by atoms with Crippen LogP contribution in [0.3, 0.4) is 0 Å². The van der Waals surface area contributed by atoms with Gasteiger partial charge in [-0.1, -0.05) is 29.5 Å². The van der Waals surface area contributed by atoms with Crippen molar-refractivity contribution in [2.45, 2.75) is 17.9 Å². The van der Waals surface area contributed by atoms with Gasteiger partial charge < -0.3 is 19.2 Å². The zero-order valence-corrected chi connectivity index (χ0v) is 17.0. The van der Waals surface area contributed by atoms with Crippen molar-refractivity contribution in [2.24, 2.45) is 0 Å². The van der Waals surface area contributed by atoms with Crippen molar-refractivity contribution in [3.8, 4) is 23.0 Å². The molecule has 0 radical (unpaired) electrons. The van der Waals surface area contributed by atoms with Crippen molar-refractivity contribution in [1.82, 2.24) is 15.2 Å². The van der Waals surface area contributed by atoms with E-state index in [-0.39, 0.29) is 6.79 Å².